The highest BCUT2D eigenvalue weighted by Gasteiger charge is 2.05. The molecule has 0 aliphatic heterocycles. The van der Waals surface area contributed by atoms with Crippen LogP contribution >= 0.6 is 0 Å². The molecule has 25 heavy (non-hydrogen) atoms. The molecule has 4 N–H and O–H groups in total. The van der Waals surface area contributed by atoms with Crippen LogP contribution in [0.4, 0.5) is 16.2 Å². The van der Waals surface area contributed by atoms with E-state index in [0.29, 0.717) is 17.1 Å². The summed E-state index contributed by atoms with van der Waals surface area (Å²) < 4.78 is 5.22. The van der Waals surface area contributed by atoms with E-state index < -0.39 is 5.91 Å². The van der Waals surface area contributed by atoms with Gasteiger partial charge in [-0.2, -0.15) is 0 Å². The van der Waals surface area contributed by atoms with E-state index >= 15 is 0 Å². The molecular formula is C18H19N3O4. The van der Waals surface area contributed by atoms with E-state index in [0.717, 1.165) is 11.1 Å². The molecule has 7 nitrogen and oxygen atoms in total. The molecule has 0 saturated carbocycles. The molecule has 0 aliphatic rings. The number of rotatable bonds is 5. The van der Waals surface area contributed by atoms with E-state index in [1.165, 1.54) is 17.6 Å². The Labute approximate surface area is 145 Å². The first-order valence-corrected chi connectivity index (χ1v) is 7.46. The van der Waals surface area contributed by atoms with Crippen LogP contribution in [0.1, 0.15) is 11.1 Å². The zero-order valence-corrected chi connectivity index (χ0v) is 13.9. The second kappa shape index (κ2) is 8.51. The van der Waals surface area contributed by atoms with Gasteiger partial charge in [0.05, 0.1) is 7.11 Å². The van der Waals surface area contributed by atoms with Crippen molar-refractivity contribution < 1.29 is 19.5 Å². The van der Waals surface area contributed by atoms with Crippen molar-refractivity contribution in [1.29, 1.82) is 0 Å². The van der Waals surface area contributed by atoms with Crippen molar-refractivity contribution >= 4 is 29.4 Å². The minimum atomic E-state index is -0.616. The predicted octanol–water partition coefficient (Wildman–Crippen LogP) is 3.17. The van der Waals surface area contributed by atoms with Crippen LogP contribution in [0.3, 0.4) is 0 Å². The molecule has 0 heterocycles. The molecule has 0 unspecified atom stereocenters. The topological polar surface area (TPSA) is 99.7 Å². The normalized spacial score (nSPS) is 10.4. The molecule has 0 aliphatic carbocycles. The fraction of sp³-hybridized carbons (Fsp3) is 0.111. The van der Waals surface area contributed by atoms with Crippen molar-refractivity contribution in [3.05, 3.63) is 59.7 Å². The molecule has 2 rings (SSSR count). The third-order valence-corrected chi connectivity index (χ3v) is 3.37. The number of ether oxygens (including phenoxy) is 1. The van der Waals surface area contributed by atoms with E-state index in [1.54, 1.807) is 43.5 Å². The Balaban J connectivity index is 1.96. The maximum Gasteiger partial charge on any atom is 0.323 e. The van der Waals surface area contributed by atoms with Crippen LogP contribution in [0.25, 0.3) is 6.08 Å². The van der Waals surface area contributed by atoms with Gasteiger partial charge in [-0.15, -0.1) is 0 Å². The molecule has 0 saturated heterocycles. The van der Waals surface area contributed by atoms with E-state index in [2.05, 4.69) is 10.6 Å². The summed E-state index contributed by atoms with van der Waals surface area (Å²) in [5, 5.41) is 13.9. The van der Waals surface area contributed by atoms with Crippen LogP contribution in [-0.4, -0.2) is 24.3 Å². The Hall–Kier alpha value is -3.32. The highest BCUT2D eigenvalue weighted by atomic mass is 16.5. The zero-order chi connectivity index (χ0) is 18.2. The average Bonchev–Trinajstić information content (AvgIpc) is 2.62. The van der Waals surface area contributed by atoms with Crippen LogP contribution in [0.15, 0.2) is 48.5 Å². The lowest BCUT2D eigenvalue weighted by Crippen LogP contribution is -2.19. The number of nitrogens with one attached hydrogen (secondary N) is 3. The minimum absolute atomic E-state index is 0.381. The van der Waals surface area contributed by atoms with Crippen molar-refractivity contribution in [3.63, 3.8) is 0 Å². The molecule has 3 amide bonds. The Kier molecular flexibility index (Phi) is 6.14. The van der Waals surface area contributed by atoms with Crippen LogP contribution < -0.4 is 20.9 Å². The standard InChI is InChI=1S/C18H19N3O4/c1-12-3-7-15(11-16(12)25-2)20-18(23)19-14-8-4-13(5-9-14)6-10-17(22)21-24/h3-11,24H,1-2H3,(H,21,22)(H2,19,20,23)/b10-6+. The number of methoxy groups -OCH3 is 1. The van der Waals surface area contributed by atoms with Crippen molar-refractivity contribution in [2.45, 2.75) is 6.92 Å². The number of hydroxylamine groups is 1. The molecule has 130 valence electrons. The quantitative estimate of drug-likeness (QED) is 0.381. The highest BCUT2D eigenvalue weighted by molar-refractivity contribution is 6.00. The van der Waals surface area contributed by atoms with Crippen molar-refractivity contribution in [2.24, 2.45) is 0 Å². The molecule has 2 aromatic rings. The van der Waals surface area contributed by atoms with Crippen LogP contribution in [0, 0.1) is 6.92 Å². The number of urea groups is 1. The Morgan fingerprint density at radius 1 is 1.04 bits per heavy atom. The number of amides is 3. The number of benzene rings is 2. The predicted molar refractivity (Wildman–Crippen MR) is 95.8 cm³/mol. The Morgan fingerprint density at radius 2 is 1.68 bits per heavy atom. The van der Waals surface area contributed by atoms with Crippen LogP contribution in [-0.2, 0) is 4.79 Å². The number of carbonyl (C=O) groups excluding carboxylic acids is 2. The van der Waals surface area contributed by atoms with Crippen molar-refractivity contribution in [3.8, 4) is 5.75 Å². The minimum Gasteiger partial charge on any atom is -0.496 e. The van der Waals surface area contributed by atoms with Gasteiger partial charge in [0.1, 0.15) is 5.75 Å². The molecule has 0 fully saturated rings. The van der Waals surface area contributed by atoms with Gasteiger partial charge in [-0.25, -0.2) is 10.3 Å². The van der Waals surface area contributed by atoms with Gasteiger partial charge in [0, 0.05) is 23.5 Å². The monoisotopic (exact) mass is 341 g/mol. The smallest absolute Gasteiger partial charge is 0.323 e. The number of aryl methyl sites for hydroxylation is 1. The summed E-state index contributed by atoms with van der Waals surface area (Å²) in [6.07, 6.45) is 2.73. The third-order valence-electron chi connectivity index (χ3n) is 3.37. The van der Waals surface area contributed by atoms with Gasteiger partial charge in [0.2, 0.25) is 0 Å². The van der Waals surface area contributed by atoms with Gasteiger partial charge in [-0.3, -0.25) is 10.0 Å². The van der Waals surface area contributed by atoms with E-state index in [-0.39, 0.29) is 6.03 Å². The maximum absolute atomic E-state index is 12.0. The van der Waals surface area contributed by atoms with Crippen molar-refractivity contribution in [1.82, 2.24) is 5.48 Å². The van der Waals surface area contributed by atoms with Gasteiger partial charge >= 0.3 is 6.03 Å². The fourth-order valence-electron chi connectivity index (χ4n) is 2.08. The fourth-order valence-corrected chi connectivity index (χ4v) is 2.08. The molecule has 0 bridgehead atoms. The van der Waals surface area contributed by atoms with Crippen LogP contribution in [0.2, 0.25) is 0 Å². The molecule has 0 atom stereocenters. The average molecular weight is 341 g/mol. The summed E-state index contributed by atoms with van der Waals surface area (Å²) in [4.78, 5) is 23.0. The number of hydrogen-bond donors (Lipinski definition) is 4. The highest BCUT2D eigenvalue weighted by Crippen LogP contribution is 2.22. The summed E-state index contributed by atoms with van der Waals surface area (Å²) in [7, 11) is 1.58. The molecule has 0 aromatic heterocycles. The Bertz CT molecular complexity index is 785. The second-order valence-corrected chi connectivity index (χ2v) is 5.19. The van der Waals surface area contributed by atoms with Gasteiger partial charge < -0.3 is 15.4 Å². The van der Waals surface area contributed by atoms with Gasteiger partial charge in [0.25, 0.3) is 5.91 Å². The summed E-state index contributed by atoms with van der Waals surface area (Å²) in [6, 6.07) is 11.9. The zero-order valence-electron chi connectivity index (χ0n) is 13.9. The maximum atomic E-state index is 12.0. The molecule has 7 heteroatoms. The number of carbonyl (C=O) groups is 2. The van der Waals surface area contributed by atoms with E-state index in [1.807, 2.05) is 13.0 Å². The number of anilines is 2. The Morgan fingerprint density at radius 3 is 2.32 bits per heavy atom. The SMILES string of the molecule is COc1cc(NC(=O)Nc2ccc(/C=C/C(=O)NO)cc2)ccc1C. The second-order valence-electron chi connectivity index (χ2n) is 5.19. The van der Waals surface area contributed by atoms with Gasteiger partial charge in [-0.05, 0) is 42.3 Å². The third kappa shape index (κ3) is 5.36. The first kappa shape index (κ1) is 18.0. The summed E-state index contributed by atoms with van der Waals surface area (Å²) in [6.45, 7) is 1.92. The van der Waals surface area contributed by atoms with Crippen molar-refractivity contribution in [2.75, 3.05) is 17.7 Å². The lowest BCUT2D eigenvalue weighted by atomic mass is 10.2. The van der Waals surface area contributed by atoms with Gasteiger partial charge in [-0.1, -0.05) is 18.2 Å². The van der Waals surface area contributed by atoms with E-state index in [9.17, 15) is 9.59 Å². The summed E-state index contributed by atoms with van der Waals surface area (Å²) >= 11 is 0. The molecular weight excluding hydrogens is 322 g/mol. The largest absolute Gasteiger partial charge is 0.496 e. The first-order valence-electron chi connectivity index (χ1n) is 7.46. The summed E-state index contributed by atoms with van der Waals surface area (Å²) in [5.41, 5.74) is 4.45. The summed E-state index contributed by atoms with van der Waals surface area (Å²) in [5.74, 6) is 0.0796. The molecule has 2 aromatic carbocycles. The van der Waals surface area contributed by atoms with E-state index in [4.69, 9.17) is 9.94 Å². The molecule has 0 spiro atoms. The van der Waals surface area contributed by atoms with Crippen LogP contribution in [0.5, 0.6) is 5.75 Å². The number of hydrogen-bond acceptors (Lipinski definition) is 4. The lowest BCUT2D eigenvalue weighted by Gasteiger charge is -2.10. The lowest BCUT2D eigenvalue weighted by molar-refractivity contribution is -0.124. The van der Waals surface area contributed by atoms with Gasteiger partial charge in [0.15, 0.2) is 0 Å². The first-order chi connectivity index (χ1) is 12.0. The molecule has 0 radical (unpaired) electrons.